The quantitative estimate of drug-likeness (QED) is 0.645. The van der Waals surface area contributed by atoms with Crippen molar-refractivity contribution in [3.05, 3.63) is 40.3 Å². The lowest BCUT2D eigenvalue weighted by atomic mass is 10.2. The van der Waals surface area contributed by atoms with E-state index in [1.807, 2.05) is 25.6 Å². The first-order valence-electron chi connectivity index (χ1n) is 7.08. The third-order valence-electron chi connectivity index (χ3n) is 2.67. The minimum Gasteiger partial charge on any atom is -0.375 e. The molecule has 5 heteroatoms. The molecule has 0 spiro atoms. The summed E-state index contributed by atoms with van der Waals surface area (Å²) < 4.78 is 1.28. The first-order valence-corrected chi connectivity index (χ1v) is 8.77. The predicted octanol–water partition coefficient (Wildman–Crippen LogP) is 5.48. The van der Waals surface area contributed by atoms with Crippen molar-refractivity contribution in [3.8, 4) is 0 Å². The van der Waals surface area contributed by atoms with Crippen LogP contribution in [0.5, 0.6) is 0 Å². The number of nitrogens with zero attached hydrogens (tertiary/aromatic N) is 2. The van der Waals surface area contributed by atoms with Crippen molar-refractivity contribution in [1.29, 1.82) is 0 Å². The molecule has 2 N–H and O–H groups in total. The van der Waals surface area contributed by atoms with E-state index in [0.717, 1.165) is 5.52 Å². The zero-order valence-corrected chi connectivity index (χ0v) is 14.9. The fourth-order valence-corrected chi connectivity index (χ4v) is 3.04. The summed E-state index contributed by atoms with van der Waals surface area (Å²) in [6.45, 7) is 10.3. The summed E-state index contributed by atoms with van der Waals surface area (Å²) in [5, 5.41) is 0.665. The van der Waals surface area contributed by atoms with Crippen LogP contribution in [0.25, 0.3) is 10.2 Å². The first-order chi connectivity index (χ1) is 10.1. The fraction of sp³-hybridized carbons (Fsp3) is 0.375. The summed E-state index contributed by atoms with van der Waals surface area (Å²) in [7, 11) is 0. The Labute approximate surface area is 134 Å². The summed E-state index contributed by atoms with van der Waals surface area (Å²) in [5.74, 6) is 0.555. The van der Waals surface area contributed by atoms with Gasteiger partial charge in [0.05, 0.1) is 15.7 Å². The molecular formula is C16H23N3S2. The van der Waals surface area contributed by atoms with E-state index in [1.165, 1.54) is 15.1 Å². The standard InChI is InChI=1S/C8H7NS.C6H10N2S.C2H6/c1-6-3-2-4-7-8(6)9-5-10-7;1-4(2)5-3-8-6(7)9-5;1-2/h2-5H,1H3;3-4H,1-2H3,(H2,7,8);1-2H3. The average Bonchev–Trinajstić information content (AvgIpc) is 3.11. The molecule has 114 valence electrons. The van der Waals surface area contributed by atoms with Crippen molar-refractivity contribution in [2.24, 2.45) is 0 Å². The molecule has 0 amide bonds. The summed E-state index contributed by atoms with van der Waals surface area (Å²) in [4.78, 5) is 9.43. The Hall–Kier alpha value is -1.46. The molecule has 0 fully saturated rings. The van der Waals surface area contributed by atoms with Crippen LogP contribution in [0.3, 0.4) is 0 Å². The van der Waals surface area contributed by atoms with Crippen LogP contribution < -0.4 is 5.73 Å². The van der Waals surface area contributed by atoms with Gasteiger partial charge in [0.1, 0.15) is 0 Å². The van der Waals surface area contributed by atoms with Gasteiger partial charge in [-0.3, -0.25) is 0 Å². The molecule has 0 atom stereocenters. The molecular weight excluding hydrogens is 298 g/mol. The largest absolute Gasteiger partial charge is 0.375 e. The third kappa shape index (κ3) is 5.10. The zero-order chi connectivity index (χ0) is 15.8. The number of thiazole rings is 2. The number of nitrogens with two attached hydrogens (primary N) is 1. The normalized spacial score (nSPS) is 9.81. The van der Waals surface area contributed by atoms with E-state index in [-0.39, 0.29) is 0 Å². The van der Waals surface area contributed by atoms with Crippen LogP contribution in [-0.2, 0) is 0 Å². The molecule has 3 aromatic rings. The van der Waals surface area contributed by atoms with E-state index < -0.39 is 0 Å². The van der Waals surface area contributed by atoms with Crippen LogP contribution in [0.15, 0.2) is 29.9 Å². The number of aromatic nitrogens is 2. The second-order valence-electron chi connectivity index (χ2n) is 4.53. The molecule has 0 saturated carbocycles. The van der Waals surface area contributed by atoms with Gasteiger partial charge in [-0.05, 0) is 24.5 Å². The smallest absolute Gasteiger partial charge is 0.180 e. The molecule has 0 aliphatic carbocycles. The Morgan fingerprint density at radius 3 is 2.33 bits per heavy atom. The highest BCUT2D eigenvalue weighted by Gasteiger charge is 2.01. The van der Waals surface area contributed by atoms with E-state index >= 15 is 0 Å². The predicted molar refractivity (Wildman–Crippen MR) is 96.3 cm³/mol. The van der Waals surface area contributed by atoms with Crippen molar-refractivity contribution in [2.45, 2.75) is 40.5 Å². The summed E-state index contributed by atoms with van der Waals surface area (Å²) in [6, 6.07) is 6.25. The number of nitrogen functional groups attached to an aromatic ring is 1. The number of aryl methyl sites for hydroxylation is 1. The molecule has 2 heterocycles. The lowest BCUT2D eigenvalue weighted by Crippen LogP contribution is -1.78. The molecule has 0 bridgehead atoms. The van der Waals surface area contributed by atoms with Gasteiger partial charge in [0.15, 0.2) is 5.13 Å². The molecule has 3 rings (SSSR count). The first kappa shape index (κ1) is 17.6. The maximum atomic E-state index is 5.42. The van der Waals surface area contributed by atoms with Crippen LogP contribution >= 0.6 is 22.7 Å². The van der Waals surface area contributed by atoms with Gasteiger partial charge in [0, 0.05) is 11.1 Å². The minimum absolute atomic E-state index is 0.555. The van der Waals surface area contributed by atoms with E-state index in [2.05, 4.69) is 48.9 Å². The fourth-order valence-electron chi connectivity index (χ4n) is 1.60. The van der Waals surface area contributed by atoms with Crippen LogP contribution in [-0.4, -0.2) is 9.97 Å². The van der Waals surface area contributed by atoms with Crippen molar-refractivity contribution in [2.75, 3.05) is 5.73 Å². The highest BCUT2D eigenvalue weighted by atomic mass is 32.1. The number of benzene rings is 1. The molecule has 0 aliphatic rings. The van der Waals surface area contributed by atoms with Crippen molar-refractivity contribution in [3.63, 3.8) is 0 Å². The SMILES string of the molecule is CC.CC(C)c1cnc(N)s1.Cc1cccc2scnc12. The minimum atomic E-state index is 0.555. The van der Waals surface area contributed by atoms with Gasteiger partial charge in [0.2, 0.25) is 0 Å². The summed E-state index contributed by atoms with van der Waals surface area (Å²) >= 11 is 3.25. The summed E-state index contributed by atoms with van der Waals surface area (Å²) in [6.07, 6.45) is 1.84. The number of hydrogen-bond acceptors (Lipinski definition) is 5. The van der Waals surface area contributed by atoms with Crippen molar-refractivity contribution < 1.29 is 0 Å². The van der Waals surface area contributed by atoms with Gasteiger partial charge >= 0.3 is 0 Å². The molecule has 21 heavy (non-hydrogen) atoms. The monoisotopic (exact) mass is 321 g/mol. The molecule has 2 aromatic heterocycles. The Morgan fingerprint density at radius 1 is 1.14 bits per heavy atom. The highest BCUT2D eigenvalue weighted by molar-refractivity contribution is 7.16. The average molecular weight is 322 g/mol. The van der Waals surface area contributed by atoms with Crippen LogP contribution in [0, 0.1) is 6.92 Å². The van der Waals surface area contributed by atoms with Gasteiger partial charge in [0.25, 0.3) is 0 Å². The highest BCUT2D eigenvalue weighted by Crippen LogP contribution is 2.22. The van der Waals surface area contributed by atoms with Crippen molar-refractivity contribution in [1.82, 2.24) is 9.97 Å². The second kappa shape index (κ2) is 8.74. The van der Waals surface area contributed by atoms with Gasteiger partial charge in [-0.25, -0.2) is 9.97 Å². The second-order valence-corrected chi connectivity index (χ2v) is 6.51. The molecule has 0 saturated heterocycles. The van der Waals surface area contributed by atoms with Gasteiger partial charge in [-0.1, -0.05) is 39.8 Å². The zero-order valence-electron chi connectivity index (χ0n) is 13.3. The Balaban J connectivity index is 0.000000189. The number of fused-ring (bicyclic) bond motifs is 1. The maximum absolute atomic E-state index is 5.42. The number of rotatable bonds is 1. The van der Waals surface area contributed by atoms with Crippen LogP contribution in [0.2, 0.25) is 0 Å². The number of para-hydroxylation sites is 1. The molecule has 1 aromatic carbocycles. The lowest BCUT2D eigenvalue weighted by molar-refractivity contribution is 0.885. The lowest BCUT2D eigenvalue weighted by Gasteiger charge is -1.94. The van der Waals surface area contributed by atoms with Crippen LogP contribution in [0.4, 0.5) is 5.13 Å². The topological polar surface area (TPSA) is 51.8 Å². The number of anilines is 1. The van der Waals surface area contributed by atoms with Gasteiger partial charge in [-0.15, -0.1) is 22.7 Å². The maximum Gasteiger partial charge on any atom is 0.180 e. The molecule has 0 radical (unpaired) electrons. The van der Waals surface area contributed by atoms with E-state index in [9.17, 15) is 0 Å². The molecule has 0 unspecified atom stereocenters. The molecule has 0 aliphatic heterocycles. The van der Waals surface area contributed by atoms with E-state index in [0.29, 0.717) is 11.0 Å². The van der Waals surface area contributed by atoms with Crippen LogP contribution in [0.1, 0.15) is 44.1 Å². The Morgan fingerprint density at radius 2 is 1.86 bits per heavy atom. The number of hydrogen-bond donors (Lipinski definition) is 1. The summed E-state index contributed by atoms with van der Waals surface area (Å²) in [5.41, 5.74) is 9.72. The Bertz CT molecular complexity index is 656. The van der Waals surface area contributed by atoms with Gasteiger partial charge < -0.3 is 5.73 Å². The Kier molecular flexibility index (Phi) is 7.32. The van der Waals surface area contributed by atoms with Gasteiger partial charge in [-0.2, -0.15) is 0 Å². The third-order valence-corrected chi connectivity index (χ3v) is 4.59. The van der Waals surface area contributed by atoms with E-state index in [1.54, 1.807) is 22.7 Å². The van der Waals surface area contributed by atoms with Crippen molar-refractivity contribution >= 4 is 38.0 Å². The molecule has 3 nitrogen and oxygen atoms in total. The van der Waals surface area contributed by atoms with E-state index in [4.69, 9.17) is 5.73 Å².